The van der Waals surface area contributed by atoms with E-state index in [9.17, 15) is 14.7 Å². The maximum Gasteiger partial charge on any atom is 0.411 e. The van der Waals surface area contributed by atoms with E-state index in [-0.39, 0.29) is 0 Å². The van der Waals surface area contributed by atoms with Crippen LogP contribution in [0.25, 0.3) is 0 Å². The molecule has 2 aromatic heterocycles. The summed E-state index contributed by atoms with van der Waals surface area (Å²) >= 11 is 0. The van der Waals surface area contributed by atoms with E-state index in [1.54, 1.807) is 27.2 Å². The second-order valence-electron chi connectivity index (χ2n) is 12.7. The molecule has 2 saturated heterocycles. The Morgan fingerprint density at radius 3 is 2.45 bits per heavy atom. The molecule has 2 fully saturated rings. The Bertz CT molecular complexity index is 1260. The Hall–Kier alpha value is -3.60. The standard InChI is InChI=1S/C31H46N6O5/c1-19(2)42-30(40)37-25(22-12-11-13-32-27(22)35(6)7)24(23(31(3,4)5)26(37)29(38)39)33-17-20-16-21(18-34-28(20)41-8)36-14-9-10-15-36/h11-13,16,18-19,23-26,33H,9-10,14-15,17H2,1-8H3,(H,38,39)/t23-,24-,25-,26-/m0/s1. The van der Waals surface area contributed by atoms with E-state index in [1.807, 2.05) is 58.1 Å². The summed E-state index contributed by atoms with van der Waals surface area (Å²) in [4.78, 5) is 41.6. The maximum atomic E-state index is 13.8. The summed E-state index contributed by atoms with van der Waals surface area (Å²) in [5.41, 5.74) is 2.15. The molecule has 0 radical (unpaired) electrons. The fraction of sp³-hybridized carbons (Fsp3) is 0.613. The molecule has 11 heteroatoms. The molecule has 2 aliphatic rings. The van der Waals surface area contributed by atoms with Crippen LogP contribution in [0.4, 0.5) is 16.3 Å². The first kappa shape index (κ1) is 31.3. The van der Waals surface area contributed by atoms with E-state index in [0.717, 1.165) is 42.7 Å². The molecule has 0 aromatic carbocycles. The van der Waals surface area contributed by atoms with Crippen molar-refractivity contribution >= 4 is 23.6 Å². The van der Waals surface area contributed by atoms with Crippen LogP contribution >= 0.6 is 0 Å². The van der Waals surface area contributed by atoms with Gasteiger partial charge in [0.05, 0.1) is 31.1 Å². The van der Waals surface area contributed by atoms with E-state index < -0.39 is 47.6 Å². The summed E-state index contributed by atoms with van der Waals surface area (Å²) in [6.07, 6.45) is 4.75. The van der Waals surface area contributed by atoms with E-state index in [1.165, 1.54) is 4.90 Å². The van der Waals surface area contributed by atoms with Crippen LogP contribution in [0.3, 0.4) is 0 Å². The molecule has 42 heavy (non-hydrogen) atoms. The Morgan fingerprint density at radius 2 is 1.88 bits per heavy atom. The fourth-order valence-corrected chi connectivity index (χ4v) is 6.45. The molecule has 4 atom stereocenters. The number of hydrogen-bond donors (Lipinski definition) is 2. The van der Waals surface area contributed by atoms with Gasteiger partial charge in [-0.3, -0.25) is 4.90 Å². The SMILES string of the molecule is COc1ncc(N2CCCC2)cc1CN[C@H]1[C@H](C(C)(C)C)[C@@H](C(=O)O)N(C(=O)OC(C)C)[C@H]1c1cccnc1N(C)C. The number of rotatable bonds is 9. The molecule has 0 spiro atoms. The van der Waals surface area contributed by atoms with Crippen molar-refractivity contribution in [3.8, 4) is 5.88 Å². The zero-order valence-corrected chi connectivity index (χ0v) is 26.1. The molecule has 0 unspecified atom stereocenters. The van der Waals surface area contributed by atoms with Crippen LogP contribution in [0, 0.1) is 11.3 Å². The minimum atomic E-state index is -1.13. The lowest BCUT2D eigenvalue weighted by molar-refractivity contribution is -0.144. The number of carbonyl (C=O) groups excluding carboxylic acids is 1. The van der Waals surface area contributed by atoms with Gasteiger partial charge in [-0.25, -0.2) is 19.6 Å². The summed E-state index contributed by atoms with van der Waals surface area (Å²) in [5.74, 6) is -0.384. The smallest absolute Gasteiger partial charge is 0.411 e. The number of anilines is 2. The molecule has 1 amide bonds. The van der Waals surface area contributed by atoms with Crippen molar-refractivity contribution in [2.45, 2.75) is 78.2 Å². The number of methoxy groups -OCH3 is 1. The highest BCUT2D eigenvalue weighted by molar-refractivity contribution is 5.82. The summed E-state index contributed by atoms with van der Waals surface area (Å²) < 4.78 is 11.3. The van der Waals surface area contributed by atoms with Crippen LogP contribution in [0.5, 0.6) is 5.88 Å². The first-order chi connectivity index (χ1) is 19.8. The highest BCUT2D eigenvalue weighted by atomic mass is 16.6. The average molecular weight is 583 g/mol. The number of carbonyl (C=O) groups is 2. The van der Waals surface area contributed by atoms with Crippen molar-refractivity contribution in [1.29, 1.82) is 0 Å². The zero-order chi connectivity index (χ0) is 30.8. The zero-order valence-electron chi connectivity index (χ0n) is 26.1. The third-order valence-electron chi connectivity index (χ3n) is 8.13. The first-order valence-corrected chi connectivity index (χ1v) is 14.7. The van der Waals surface area contributed by atoms with Crippen molar-refractivity contribution < 1.29 is 24.2 Å². The molecule has 0 aliphatic carbocycles. The molecular formula is C31H46N6O5. The van der Waals surface area contributed by atoms with Gasteiger partial charge in [0.25, 0.3) is 0 Å². The summed E-state index contributed by atoms with van der Waals surface area (Å²) in [6, 6.07) is 3.55. The lowest BCUT2D eigenvalue weighted by Crippen LogP contribution is -2.48. The molecule has 0 bridgehead atoms. The number of aromatic nitrogens is 2. The van der Waals surface area contributed by atoms with Crippen molar-refractivity contribution in [3.63, 3.8) is 0 Å². The molecule has 11 nitrogen and oxygen atoms in total. The van der Waals surface area contributed by atoms with Crippen LogP contribution in [0.2, 0.25) is 0 Å². The van der Waals surface area contributed by atoms with Gasteiger partial charge in [0, 0.05) is 63.0 Å². The molecule has 2 aliphatic heterocycles. The predicted molar refractivity (Wildman–Crippen MR) is 162 cm³/mol. The van der Waals surface area contributed by atoms with Gasteiger partial charge in [0.1, 0.15) is 11.9 Å². The number of nitrogens with zero attached hydrogens (tertiary/aromatic N) is 5. The van der Waals surface area contributed by atoms with Gasteiger partial charge in [-0.2, -0.15) is 0 Å². The molecular weight excluding hydrogens is 536 g/mol. The van der Waals surface area contributed by atoms with Crippen LogP contribution in [-0.4, -0.2) is 84.5 Å². The van der Waals surface area contributed by atoms with Gasteiger partial charge >= 0.3 is 12.1 Å². The van der Waals surface area contributed by atoms with Crippen LogP contribution in [0.15, 0.2) is 30.6 Å². The van der Waals surface area contributed by atoms with Crippen molar-refractivity contribution in [2.24, 2.45) is 11.3 Å². The number of ether oxygens (including phenoxy) is 2. The van der Waals surface area contributed by atoms with Crippen molar-refractivity contribution in [2.75, 3.05) is 44.1 Å². The highest BCUT2D eigenvalue weighted by Gasteiger charge is 2.59. The Morgan fingerprint density at radius 1 is 1.19 bits per heavy atom. The van der Waals surface area contributed by atoms with Crippen molar-refractivity contribution in [3.05, 3.63) is 41.7 Å². The summed E-state index contributed by atoms with van der Waals surface area (Å²) in [6.45, 7) is 11.9. The second-order valence-corrected chi connectivity index (χ2v) is 12.7. The van der Waals surface area contributed by atoms with Crippen LogP contribution in [-0.2, 0) is 16.1 Å². The number of pyridine rings is 2. The third-order valence-corrected chi connectivity index (χ3v) is 8.13. The second kappa shape index (κ2) is 12.7. The summed E-state index contributed by atoms with van der Waals surface area (Å²) in [5, 5.41) is 14.3. The van der Waals surface area contributed by atoms with Gasteiger partial charge in [0.2, 0.25) is 5.88 Å². The summed E-state index contributed by atoms with van der Waals surface area (Å²) in [7, 11) is 5.37. The molecule has 0 saturated carbocycles. The predicted octanol–water partition coefficient (Wildman–Crippen LogP) is 4.33. The van der Waals surface area contributed by atoms with Gasteiger partial charge in [-0.1, -0.05) is 26.8 Å². The Labute approximate surface area is 249 Å². The van der Waals surface area contributed by atoms with E-state index >= 15 is 0 Å². The number of aliphatic carboxylic acids is 1. The normalized spacial score (nSPS) is 22.5. The van der Waals surface area contributed by atoms with Gasteiger partial charge < -0.3 is 29.7 Å². The first-order valence-electron chi connectivity index (χ1n) is 14.7. The monoisotopic (exact) mass is 582 g/mol. The number of carboxylic acids is 1. The van der Waals surface area contributed by atoms with Crippen molar-refractivity contribution in [1.82, 2.24) is 20.2 Å². The van der Waals surface area contributed by atoms with Crippen LogP contribution < -0.4 is 19.9 Å². The minimum absolute atomic E-state index is 0.364. The molecule has 4 rings (SSSR count). The minimum Gasteiger partial charge on any atom is -0.481 e. The highest BCUT2D eigenvalue weighted by Crippen LogP contribution is 2.49. The quantitative estimate of drug-likeness (QED) is 0.442. The number of amides is 1. The largest absolute Gasteiger partial charge is 0.481 e. The number of nitrogens with one attached hydrogen (secondary N) is 1. The van der Waals surface area contributed by atoms with Crippen LogP contribution in [0.1, 0.15) is 64.6 Å². The fourth-order valence-electron chi connectivity index (χ4n) is 6.45. The van der Waals surface area contributed by atoms with E-state index in [0.29, 0.717) is 18.2 Å². The number of likely N-dealkylation sites (tertiary alicyclic amines) is 1. The topological polar surface area (TPSA) is 120 Å². The molecule has 2 N–H and O–H groups in total. The molecule has 230 valence electrons. The third kappa shape index (κ3) is 6.40. The Kier molecular flexibility index (Phi) is 9.50. The van der Waals surface area contributed by atoms with Gasteiger partial charge in [-0.05, 0) is 44.2 Å². The maximum absolute atomic E-state index is 13.8. The van der Waals surface area contributed by atoms with Gasteiger partial charge in [0.15, 0.2) is 0 Å². The average Bonchev–Trinajstić information content (AvgIpc) is 3.58. The van der Waals surface area contributed by atoms with Gasteiger partial charge in [-0.15, -0.1) is 0 Å². The number of carboxylic acid groups (broad SMARTS) is 1. The van der Waals surface area contributed by atoms with E-state index in [4.69, 9.17) is 9.47 Å². The lowest BCUT2D eigenvalue weighted by atomic mass is 9.72. The molecule has 2 aromatic rings. The lowest BCUT2D eigenvalue weighted by Gasteiger charge is -2.35. The molecule has 4 heterocycles. The number of hydrogen-bond acceptors (Lipinski definition) is 9. The Balaban J connectivity index is 1.84. The van der Waals surface area contributed by atoms with E-state index in [2.05, 4.69) is 26.3 Å².